The van der Waals surface area contributed by atoms with Crippen LogP contribution in [0.15, 0.2) is 54.9 Å². The number of amides is 4. The molecule has 346 valence electrons. The molecule has 7 aliphatic rings. The Bertz CT molecular complexity index is 2640. The lowest BCUT2D eigenvalue weighted by atomic mass is 9.71. The summed E-state index contributed by atoms with van der Waals surface area (Å²) in [5.74, 6) is -0.945. The Kier molecular flexibility index (Phi) is 10.3. The van der Waals surface area contributed by atoms with Gasteiger partial charge in [0.25, 0.3) is 11.8 Å². The van der Waals surface area contributed by atoms with Gasteiger partial charge in [0.2, 0.25) is 11.8 Å². The van der Waals surface area contributed by atoms with Crippen molar-refractivity contribution in [3.63, 3.8) is 0 Å². The fraction of sp³-hybridized carbons (Fsp3) is 0.500. The number of fused-ring (bicyclic) bond motifs is 2. The normalized spacial score (nSPS) is 23.0. The Morgan fingerprint density at radius 1 is 0.848 bits per heavy atom. The molecule has 14 nitrogen and oxygen atoms in total. The van der Waals surface area contributed by atoms with Gasteiger partial charge in [-0.25, -0.2) is 4.39 Å². The predicted molar refractivity (Wildman–Crippen MR) is 233 cm³/mol. The quantitative estimate of drug-likeness (QED) is 0.176. The van der Waals surface area contributed by atoms with E-state index in [0.717, 1.165) is 56.7 Å². The molecular weight excluding hydrogens is 859 g/mol. The zero-order valence-electron chi connectivity index (χ0n) is 36.7. The van der Waals surface area contributed by atoms with Gasteiger partial charge in [0.1, 0.15) is 18.2 Å². The first-order chi connectivity index (χ1) is 31.7. The lowest BCUT2D eigenvalue weighted by Gasteiger charge is -2.55. The number of nitrogens with zero attached hydrogens (tertiary/aromatic N) is 8. The number of carbonyl (C=O) groups is 4. The van der Waals surface area contributed by atoms with Gasteiger partial charge in [0.05, 0.1) is 37.6 Å². The van der Waals surface area contributed by atoms with Gasteiger partial charge in [-0.2, -0.15) is 13.2 Å². The van der Waals surface area contributed by atoms with Crippen LogP contribution in [0.25, 0.3) is 0 Å². The highest BCUT2D eigenvalue weighted by Gasteiger charge is 2.48. The third-order valence-corrected chi connectivity index (χ3v) is 15.6. The number of rotatable bonds is 9. The summed E-state index contributed by atoms with van der Waals surface area (Å²) >= 11 is 0. The number of aromatic nitrogens is 3. The Balaban J connectivity index is 0.698. The summed E-state index contributed by atoms with van der Waals surface area (Å²) < 4.78 is 67.9. The number of nitrogens with one attached hydrogen (secondary N) is 1. The molecular formula is C48H51F4N9O5. The summed E-state index contributed by atoms with van der Waals surface area (Å²) in [6, 6.07) is 12.9. The molecule has 1 N–H and O–H groups in total. The average Bonchev–Trinajstić information content (AvgIpc) is 3.95. The molecule has 7 aliphatic heterocycles. The third-order valence-electron chi connectivity index (χ3n) is 15.6. The second kappa shape index (κ2) is 15.9. The van der Waals surface area contributed by atoms with Gasteiger partial charge in [0.15, 0.2) is 5.82 Å². The monoisotopic (exact) mass is 909 g/mol. The SMILES string of the molecule is Cn1cnnc1CC1(c2cccc(N3Cc4c(cc(N5CC6(CCN(CC7CCN(c8ccc9c(c8F)CN(C8CCC(=O)NC8=O)C9=O)CC7)CC6)C5)cc4C(F)(F)F)C3=O)c2)COC1. The molecule has 5 saturated heterocycles. The molecule has 4 amide bonds. The summed E-state index contributed by atoms with van der Waals surface area (Å²) in [5, 5.41) is 10.5. The van der Waals surface area contributed by atoms with E-state index in [-0.39, 0.29) is 59.4 Å². The maximum absolute atomic E-state index is 16.0. The van der Waals surface area contributed by atoms with Crippen LogP contribution in [-0.2, 0) is 52.5 Å². The Morgan fingerprint density at radius 3 is 2.30 bits per heavy atom. The fourth-order valence-corrected chi connectivity index (χ4v) is 11.6. The van der Waals surface area contributed by atoms with E-state index in [1.54, 1.807) is 30.6 Å². The molecule has 1 aromatic heterocycles. The smallest absolute Gasteiger partial charge is 0.379 e. The van der Waals surface area contributed by atoms with Gasteiger partial charge >= 0.3 is 6.18 Å². The summed E-state index contributed by atoms with van der Waals surface area (Å²) in [4.78, 5) is 60.7. The van der Waals surface area contributed by atoms with E-state index in [2.05, 4.69) is 20.4 Å². The van der Waals surface area contributed by atoms with E-state index in [0.29, 0.717) is 74.4 Å². The van der Waals surface area contributed by atoms with Crippen LogP contribution in [0.3, 0.4) is 0 Å². The molecule has 0 saturated carbocycles. The van der Waals surface area contributed by atoms with Crippen molar-refractivity contribution in [1.29, 1.82) is 0 Å². The molecule has 4 aromatic rings. The fourth-order valence-electron chi connectivity index (χ4n) is 11.6. The van der Waals surface area contributed by atoms with Crippen molar-refractivity contribution in [3.05, 3.63) is 99.9 Å². The molecule has 5 fully saturated rings. The van der Waals surface area contributed by atoms with Crippen molar-refractivity contribution >= 4 is 40.7 Å². The van der Waals surface area contributed by atoms with Crippen molar-refractivity contribution in [2.75, 3.05) is 73.7 Å². The average molecular weight is 910 g/mol. The number of likely N-dealkylation sites (tertiary alicyclic amines) is 1. The van der Waals surface area contributed by atoms with Gasteiger partial charge in [-0.3, -0.25) is 24.5 Å². The van der Waals surface area contributed by atoms with Gasteiger partial charge in [-0.05, 0) is 98.6 Å². The van der Waals surface area contributed by atoms with Crippen LogP contribution in [0.2, 0.25) is 0 Å². The minimum Gasteiger partial charge on any atom is -0.379 e. The molecule has 18 heteroatoms. The van der Waals surface area contributed by atoms with Gasteiger partial charge in [-0.15, -0.1) is 10.2 Å². The standard InChI is InChI=1S/C48H51F4N9O5/c1-56-28-53-55-40(56)20-47(26-66-27-47)30-3-2-4-31(17-30)60-22-35-34(45(60)65)18-32(19-37(35)48(50,51)52)59-24-46(25-59)11-15-57(16-12-46)21-29-9-13-58(14-10-29)38-6-5-33-36(42(38)49)23-61(44(33)64)39-7-8-41(62)54-43(39)63/h2-6,17-19,28-29,39H,7-16,20-27H2,1H3,(H,54,62,63). The second-order valence-electron chi connectivity index (χ2n) is 19.7. The number of ether oxygens (including phenoxy) is 1. The van der Waals surface area contributed by atoms with E-state index >= 15 is 4.39 Å². The van der Waals surface area contributed by atoms with E-state index in [4.69, 9.17) is 4.74 Å². The predicted octanol–water partition coefficient (Wildman–Crippen LogP) is 5.22. The molecule has 3 aromatic carbocycles. The van der Waals surface area contributed by atoms with Crippen LogP contribution in [0.1, 0.15) is 87.3 Å². The molecule has 11 rings (SSSR count). The number of hydrogen-bond acceptors (Lipinski definition) is 10. The minimum absolute atomic E-state index is 0.000217. The van der Waals surface area contributed by atoms with E-state index in [9.17, 15) is 32.3 Å². The Hall–Kier alpha value is -5.88. The highest BCUT2D eigenvalue weighted by Crippen LogP contribution is 2.47. The van der Waals surface area contributed by atoms with E-state index in [1.807, 2.05) is 39.6 Å². The number of alkyl halides is 3. The van der Waals surface area contributed by atoms with E-state index in [1.165, 1.54) is 15.9 Å². The zero-order valence-corrected chi connectivity index (χ0v) is 36.7. The van der Waals surface area contributed by atoms with Crippen LogP contribution >= 0.6 is 0 Å². The van der Waals surface area contributed by atoms with Crippen LogP contribution in [-0.4, -0.2) is 113 Å². The number of carbonyl (C=O) groups excluding carboxylic acids is 4. The van der Waals surface area contributed by atoms with Crippen molar-refractivity contribution < 1.29 is 41.5 Å². The summed E-state index contributed by atoms with van der Waals surface area (Å²) in [6.07, 6.45) is 1.56. The highest BCUT2D eigenvalue weighted by atomic mass is 19.4. The van der Waals surface area contributed by atoms with Crippen LogP contribution in [0, 0.1) is 17.2 Å². The first kappa shape index (κ1) is 42.7. The van der Waals surface area contributed by atoms with Crippen LogP contribution in [0.4, 0.5) is 34.6 Å². The largest absolute Gasteiger partial charge is 0.416 e. The maximum Gasteiger partial charge on any atom is 0.416 e. The molecule has 1 unspecified atom stereocenters. The van der Waals surface area contributed by atoms with Crippen molar-refractivity contribution in [2.45, 2.75) is 75.7 Å². The number of anilines is 3. The number of benzene rings is 3. The Morgan fingerprint density at radius 2 is 1.62 bits per heavy atom. The maximum atomic E-state index is 16.0. The van der Waals surface area contributed by atoms with Crippen LogP contribution < -0.4 is 20.0 Å². The summed E-state index contributed by atoms with van der Waals surface area (Å²) in [6.45, 7) is 6.06. The van der Waals surface area contributed by atoms with Crippen molar-refractivity contribution in [1.82, 2.24) is 29.9 Å². The molecule has 0 radical (unpaired) electrons. The number of imide groups is 1. The highest BCUT2D eigenvalue weighted by molar-refractivity contribution is 6.11. The number of hydrogen-bond donors (Lipinski definition) is 1. The second-order valence-corrected chi connectivity index (χ2v) is 19.7. The molecule has 1 spiro atoms. The molecule has 8 heterocycles. The van der Waals surface area contributed by atoms with Gasteiger partial charge in [0, 0.05) is 91.5 Å². The zero-order chi connectivity index (χ0) is 45.7. The Labute approximate surface area is 378 Å². The van der Waals surface area contributed by atoms with Gasteiger partial charge in [-0.1, -0.05) is 12.1 Å². The number of halogens is 4. The lowest BCUT2D eigenvalue weighted by Crippen LogP contribution is -2.60. The summed E-state index contributed by atoms with van der Waals surface area (Å²) in [7, 11) is 1.88. The molecule has 1 atom stereocenters. The molecule has 66 heavy (non-hydrogen) atoms. The first-order valence-electron chi connectivity index (χ1n) is 22.9. The van der Waals surface area contributed by atoms with Crippen LogP contribution in [0.5, 0.6) is 0 Å². The first-order valence-corrected chi connectivity index (χ1v) is 22.9. The molecule has 0 aliphatic carbocycles. The van der Waals surface area contributed by atoms with Crippen molar-refractivity contribution in [3.8, 4) is 0 Å². The topological polar surface area (TPSA) is 136 Å². The van der Waals surface area contributed by atoms with Gasteiger partial charge < -0.3 is 33.8 Å². The number of piperidine rings is 3. The van der Waals surface area contributed by atoms with Crippen molar-refractivity contribution in [2.24, 2.45) is 18.4 Å². The lowest BCUT2D eigenvalue weighted by molar-refractivity contribution is -0.138. The molecule has 0 bridgehead atoms. The van der Waals surface area contributed by atoms with E-state index < -0.39 is 41.3 Å². The number of aryl methyl sites for hydroxylation is 1. The third kappa shape index (κ3) is 7.30. The summed E-state index contributed by atoms with van der Waals surface area (Å²) in [5.41, 5.74) is 1.87. The minimum atomic E-state index is -4.64.